The van der Waals surface area contributed by atoms with E-state index in [1.807, 2.05) is 54.7 Å². The van der Waals surface area contributed by atoms with Crippen LogP contribution in [0.5, 0.6) is 5.88 Å². The van der Waals surface area contributed by atoms with E-state index in [2.05, 4.69) is 22.4 Å². The minimum atomic E-state index is -0.0837. The standard InChI is InChI=1S/C18H20N2O2S2/c1-2-22-17-15(4-3-9-19-17)12-20-16(21)13-5-7-14(8-6-13)18-23-10-11-24-18/h3-9,18H,2,10-12H2,1H3,(H,20,21). The van der Waals surface area contributed by atoms with Crippen LogP contribution in [0.1, 0.15) is 33.0 Å². The number of pyridine rings is 1. The summed E-state index contributed by atoms with van der Waals surface area (Å²) in [6.45, 7) is 2.87. The average molecular weight is 361 g/mol. The summed E-state index contributed by atoms with van der Waals surface area (Å²) in [4.78, 5) is 16.5. The topological polar surface area (TPSA) is 51.2 Å². The molecule has 1 aromatic carbocycles. The first-order valence-electron chi connectivity index (χ1n) is 7.96. The number of nitrogens with one attached hydrogen (secondary N) is 1. The fourth-order valence-corrected chi connectivity index (χ4v) is 5.30. The van der Waals surface area contributed by atoms with E-state index >= 15 is 0 Å². The van der Waals surface area contributed by atoms with Crippen LogP contribution in [0.25, 0.3) is 0 Å². The van der Waals surface area contributed by atoms with Gasteiger partial charge in [-0.2, -0.15) is 0 Å². The summed E-state index contributed by atoms with van der Waals surface area (Å²) in [6, 6.07) is 11.7. The summed E-state index contributed by atoms with van der Waals surface area (Å²) in [7, 11) is 0. The van der Waals surface area contributed by atoms with Crippen LogP contribution in [-0.4, -0.2) is 29.0 Å². The second-order valence-electron chi connectivity index (χ2n) is 5.28. The molecule has 1 aromatic heterocycles. The average Bonchev–Trinajstić information content (AvgIpc) is 3.16. The molecule has 1 aliphatic rings. The zero-order chi connectivity index (χ0) is 16.8. The van der Waals surface area contributed by atoms with Crippen molar-refractivity contribution >= 4 is 29.4 Å². The predicted octanol–water partition coefficient (Wildman–Crippen LogP) is 3.89. The van der Waals surface area contributed by atoms with Crippen LogP contribution in [0, 0.1) is 0 Å². The van der Waals surface area contributed by atoms with E-state index in [-0.39, 0.29) is 5.91 Å². The number of aromatic nitrogens is 1. The summed E-state index contributed by atoms with van der Waals surface area (Å²) >= 11 is 3.93. The Bertz CT molecular complexity index is 686. The van der Waals surface area contributed by atoms with Gasteiger partial charge in [-0.1, -0.05) is 18.2 Å². The number of amides is 1. The Morgan fingerprint density at radius 2 is 2.00 bits per heavy atom. The number of carbonyl (C=O) groups is 1. The van der Waals surface area contributed by atoms with Gasteiger partial charge in [0.15, 0.2) is 0 Å². The minimum Gasteiger partial charge on any atom is -0.478 e. The van der Waals surface area contributed by atoms with Crippen molar-refractivity contribution in [1.29, 1.82) is 0 Å². The van der Waals surface area contributed by atoms with Crippen molar-refractivity contribution in [2.45, 2.75) is 18.1 Å². The monoisotopic (exact) mass is 360 g/mol. The van der Waals surface area contributed by atoms with Crippen LogP contribution in [0.3, 0.4) is 0 Å². The van der Waals surface area contributed by atoms with Crippen LogP contribution in [0.2, 0.25) is 0 Å². The Balaban J connectivity index is 1.61. The Kier molecular flexibility index (Phi) is 6.04. The lowest BCUT2D eigenvalue weighted by Gasteiger charge is -2.11. The first-order valence-corrected chi connectivity index (χ1v) is 10.1. The Labute approximate surface area is 150 Å². The highest BCUT2D eigenvalue weighted by atomic mass is 32.2. The van der Waals surface area contributed by atoms with Gasteiger partial charge in [-0.05, 0) is 30.7 Å². The molecule has 0 aliphatic carbocycles. The summed E-state index contributed by atoms with van der Waals surface area (Å²) in [6.07, 6.45) is 1.69. The van der Waals surface area contributed by atoms with Crippen molar-refractivity contribution in [2.24, 2.45) is 0 Å². The number of nitrogens with zero attached hydrogens (tertiary/aromatic N) is 1. The second-order valence-corrected chi connectivity index (χ2v) is 8.00. The molecule has 0 unspecified atom stereocenters. The van der Waals surface area contributed by atoms with Gasteiger partial charge < -0.3 is 10.1 Å². The Morgan fingerprint density at radius 1 is 1.25 bits per heavy atom. The molecule has 2 aromatic rings. The zero-order valence-corrected chi connectivity index (χ0v) is 15.2. The lowest BCUT2D eigenvalue weighted by molar-refractivity contribution is 0.0950. The third kappa shape index (κ3) is 4.24. The Hall–Kier alpha value is -1.66. The van der Waals surface area contributed by atoms with Crippen LogP contribution in [0.15, 0.2) is 42.6 Å². The van der Waals surface area contributed by atoms with Crippen LogP contribution < -0.4 is 10.1 Å². The quantitative estimate of drug-likeness (QED) is 0.847. The van der Waals surface area contributed by atoms with Gasteiger partial charge >= 0.3 is 0 Å². The molecule has 126 valence electrons. The van der Waals surface area contributed by atoms with E-state index in [4.69, 9.17) is 4.74 Å². The number of thioether (sulfide) groups is 2. The summed E-state index contributed by atoms with van der Waals surface area (Å²) in [5, 5.41) is 2.93. The molecule has 1 fully saturated rings. The number of hydrogen-bond donors (Lipinski definition) is 1. The van der Waals surface area contributed by atoms with Gasteiger partial charge in [0, 0.05) is 35.4 Å². The summed E-state index contributed by atoms with van der Waals surface area (Å²) < 4.78 is 5.99. The van der Waals surface area contributed by atoms with E-state index < -0.39 is 0 Å². The molecule has 0 saturated carbocycles. The third-order valence-corrected chi connectivity index (χ3v) is 6.74. The van der Waals surface area contributed by atoms with Crippen molar-refractivity contribution in [2.75, 3.05) is 18.1 Å². The highest BCUT2D eigenvalue weighted by Crippen LogP contribution is 2.45. The fraction of sp³-hybridized carbons (Fsp3) is 0.333. The first-order chi connectivity index (χ1) is 11.8. The molecule has 1 saturated heterocycles. The van der Waals surface area contributed by atoms with E-state index in [0.29, 0.717) is 29.2 Å². The van der Waals surface area contributed by atoms with Gasteiger partial charge in [-0.25, -0.2) is 4.98 Å². The van der Waals surface area contributed by atoms with Gasteiger partial charge in [0.2, 0.25) is 5.88 Å². The second kappa shape index (κ2) is 8.44. The lowest BCUT2D eigenvalue weighted by atomic mass is 10.1. The maximum absolute atomic E-state index is 12.3. The molecule has 0 atom stereocenters. The molecule has 1 amide bonds. The van der Waals surface area contributed by atoms with Gasteiger partial charge in [0.25, 0.3) is 5.91 Å². The number of hydrogen-bond acceptors (Lipinski definition) is 5. The SMILES string of the molecule is CCOc1ncccc1CNC(=O)c1ccc(C2SCCS2)cc1. The van der Waals surface area contributed by atoms with E-state index in [1.165, 1.54) is 17.1 Å². The highest BCUT2D eigenvalue weighted by molar-refractivity contribution is 8.19. The molecule has 24 heavy (non-hydrogen) atoms. The maximum atomic E-state index is 12.3. The highest BCUT2D eigenvalue weighted by Gasteiger charge is 2.18. The molecular weight excluding hydrogens is 340 g/mol. The molecule has 1 aliphatic heterocycles. The Morgan fingerprint density at radius 3 is 2.71 bits per heavy atom. The molecule has 0 radical (unpaired) electrons. The number of rotatable bonds is 6. The molecule has 0 spiro atoms. The normalized spacial score (nSPS) is 14.5. The first kappa shape index (κ1) is 17.2. The van der Waals surface area contributed by atoms with E-state index in [0.717, 1.165) is 5.56 Å². The van der Waals surface area contributed by atoms with Crippen LogP contribution in [0.4, 0.5) is 0 Å². The van der Waals surface area contributed by atoms with Crippen molar-refractivity contribution in [1.82, 2.24) is 10.3 Å². The van der Waals surface area contributed by atoms with Crippen LogP contribution >= 0.6 is 23.5 Å². The van der Waals surface area contributed by atoms with Gasteiger partial charge in [0.05, 0.1) is 11.2 Å². The zero-order valence-electron chi connectivity index (χ0n) is 13.5. The summed E-state index contributed by atoms with van der Waals surface area (Å²) in [5.41, 5.74) is 2.83. The van der Waals surface area contributed by atoms with Crippen molar-refractivity contribution in [3.05, 3.63) is 59.3 Å². The number of carbonyl (C=O) groups excluding carboxylic acids is 1. The molecule has 4 nitrogen and oxygen atoms in total. The predicted molar refractivity (Wildman–Crippen MR) is 101 cm³/mol. The molecule has 6 heteroatoms. The molecular formula is C18H20N2O2S2. The third-order valence-electron chi connectivity index (χ3n) is 3.64. The lowest BCUT2D eigenvalue weighted by Crippen LogP contribution is -2.23. The van der Waals surface area contributed by atoms with Crippen molar-refractivity contribution < 1.29 is 9.53 Å². The molecule has 2 heterocycles. The van der Waals surface area contributed by atoms with Crippen molar-refractivity contribution in [3.8, 4) is 5.88 Å². The molecule has 3 rings (SSSR count). The smallest absolute Gasteiger partial charge is 0.251 e. The van der Waals surface area contributed by atoms with Crippen molar-refractivity contribution in [3.63, 3.8) is 0 Å². The van der Waals surface area contributed by atoms with Crippen LogP contribution in [-0.2, 0) is 6.54 Å². The van der Waals surface area contributed by atoms with Gasteiger partial charge in [0.1, 0.15) is 0 Å². The molecule has 0 bridgehead atoms. The van der Waals surface area contributed by atoms with E-state index in [1.54, 1.807) is 6.20 Å². The fourth-order valence-electron chi connectivity index (χ4n) is 2.45. The van der Waals surface area contributed by atoms with Gasteiger partial charge in [-0.3, -0.25) is 4.79 Å². The molecule has 1 N–H and O–H groups in total. The van der Waals surface area contributed by atoms with E-state index in [9.17, 15) is 4.79 Å². The number of ether oxygens (including phenoxy) is 1. The number of benzene rings is 1. The summed E-state index contributed by atoms with van der Waals surface area (Å²) in [5.74, 6) is 2.89. The van der Waals surface area contributed by atoms with Gasteiger partial charge in [-0.15, -0.1) is 23.5 Å². The largest absolute Gasteiger partial charge is 0.478 e. The maximum Gasteiger partial charge on any atom is 0.251 e. The minimum absolute atomic E-state index is 0.0837.